The molecule has 38 heavy (non-hydrogen) atoms. The molecule has 0 spiro atoms. The van der Waals surface area contributed by atoms with Crippen molar-refractivity contribution in [3.05, 3.63) is 98.4 Å². The van der Waals surface area contributed by atoms with Gasteiger partial charge in [-0.1, -0.05) is 101 Å². The van der Waals surface area contributed by atoms with Crippen LogP contribution >= 0.6 is 39.1 Å². The Morgan fingerprint density at radius 1 is 0.947 bits per heavy atom. The van der Waals surface area contributed by atoms with E-state index in [1.807, 2.05) is 54.6 Å². The van der Waals surface area contributed by atoms with Crippen molar-refractivity contribution in [2.75, 3.05) is 6.61 Å². The molecular weight excluding hydrogens is 587 g/mol. The molecule has 0 bridgehead atoms. The summed E-state index contributed by atoms with van der Waals surface area (Å²) in [6.45, 7) is -0.000705. The molecule has 0 saturated heterocycles. The number of carbonyl (C=O) groups excluding carboxylic acids is 2. The van der Waals surface area contributed by atoms with Gasteiger partial charge in [0.05, 0.1) is 5.02 Å². The fourth-order valence-electron chi connectivity index (χ4n) is 4.70. The maximum Gasteiger partial charge on any atom is 0.261 e. The number of amides is 2. The highest BCUT2D eigenvalue weighted by Gasteiger charge is 2.32. The van der Waals surface area contributed by atoms with Crippen LogP contribution in [0.5, 0.6) is 5.75 Å². The number of nitrogens with one attached hydrogen (secondary N) is 1. The zero-order chi connectivity index (χ0) is 26.9. The monoisotopic (exact) mass is 616 g/mol. The van der Waals surface area contributed by atoms with Gasteiger partial charge in [-0.3, -0.25) is 9.59 Å². The molecule has 1 fully saturated rings. The van der Waals surface area contributed by atoms with Crippen LogP contribution in [0, 0.1) is 0 Å². The number of carbonyl (C=O) groups is 2. The lowest BCUT2D eigenvalue weighted by Gasteiger charge is -2.33. The largest absolute Gasteiger partial charge is 0.482 e. The molecule has 200 valence electrons. The molecule has 1 aliphatic rings. The zero-order valence-electron chi connectivity index (χ0n) is 21.0. The number of benzene rings is 3. The Morgan fingerprint density at radius 2 is 1.66 bits per heavy atom. The average molecular weight is 618 g/mol. The third-order valence-corrected chi connectivity index (χ3v) is 7.79. The van der Waals surface area contributed by atoms with Gasteiger partial charge in [-0.25, -0.2) is 0 Å². The SMILES string of the molecule is O=C(NC1CCCCC1)C(Cc1ccccc1)N(Cc1ccc(Br)cc1)C(=O)COc1ccc(Cl)cc1Cl. The van der Waals surface area contributed by atoms with E-state index in [2.05, 4.69) is 21.2 Å². The van der Waals surface area contributed by atoms with Crippen LogP contribution in [0.1, 0.15) is 43.2 Å². The topological polar surface area (TPSA) is 58.6 Å². The smallest absolute Gasteiger partial charge is 0.261 e. The predicted molar refractivity (Wildman–Crippen MR) is 156 cm³/mol. The van der Waals surface area contributed by atoms with Crippen molar-refractivity contribution in [3.8, 4) is 5.75 Å². The first-order valence-corrected chi connectivity index (χ1v) is 14.4. The van der Waals surface area contributed by atoms with Crippen molar-refractivity contribution in [1.29, 1.82) is 0 Å². The molecule has 3 aromatic carbocycles. The van der Waals surface area contributed by atoms with Crippen molar-refractivity contribution in [2.24, 2.45) is 0 Å². The summed E-state index contributed by atoms with van der Waals surface area (Å²) in [5.41, 5.74) is 1.89. The molecule has 8 heteroatoms. The van der Waals surface area contributed by atoms with Crippen LogP contribution in [-0.2, 0) is 22.6 Å². The molecular formula is C30H31BrCl2N2O3. The highest BCUT2D eigenvalue weighted by Crippen LogP contribution is 2.28. The lowest BCUT2D eigenvalue weighted by Crippen LogP contribution is -2.53. The molecule has 1 atom stereocenters. The van der Waals surface area contributed by atoms with E-state index in [0.717, 1.165) is 41.3 Å². The van der Waals surface area contributed by atoms with Crippen molar-refractivity contribution < 1.29 is 14.3 Å². The van der Waals surface area contributed by atoms with Crippen LogP contribution in [-0.4, -0.2) is 35.4 Å². The quantitative estimate of drug-likeness (QED) is 0.261. The van der Waals surface area contributed by atoms with Crippen molar-refractivity contribution in [1.82, 2.24) is 10.2 Å². The standard InChI is InChI=1S/C30H31BrCl2N2O3/c31-23-13-11-22(12-14-23)19-35(29(36)20-38-28-16-15-24(32)18-26(28)33)27(17-21-7-3-1-4-8-21)30(37)34-25-9-5-2-6-10-25/h1,3-4,7-8,11-16,18,25,27H,2,5-6,9-10,17,19-20H2,(H,34,37). The first-order chi connectivity index (χ1) is 18.4. The van der Waals surface area contributed by atoms with Gasteiger partial charge < -0.3 is 15.0 Å². The van der Waals surface area contributed by atoms with Gasteiger partial charge in [0.15, 0.2) is 6.61 Å². The molecule has 4 rings (SSSR count). The molecule has 0 aromatic heterocycles. The van der Waals surface area contributed by atoms with Gasteiger partial charge in [-0.05, 0) is 54.3 Å². The molecule has 1 saturated carbocycles. The molecule has 0 radical (unpaired) electrons. The Morgan fingerprint density at radius 3 is 2.34 bits per heavy atom. The highest BCUT2D eigenvalue weighted by atomic mass is 79.9. The molecule has 2 amide bonds. The Labute approximate surface area is 242 Å². The molecule has 1 aliphatic carbocycles. The van der Waals surface area contributed by atoms with E-state index in [4.69, 9.17) is 27.9 Å². The predicted octanol–water partition coefficient (Wildman–Crippen LogP) is 7.22. The maximum absolute atomic E-state index is 13.8. The first-order valence-electron chi connectivity index (χ1n) is 12.8. The molecule has 3 aromatic rings. The van der Waals surface area contributed by atoms with Crippen molar-refractivity contribution in [3.63, 3.8) is 0 Å². The summed E-state index contributed by atoms with van der Waals surface area (Å²) in [6, 6.07) is 21.8. The minimum Gasteiger partial charge on any atom is -0.482 e. The Balaban J connectivity index is 1.61. The van der Waals surface area contributed by atoms with Crippen LogP contribution in [0.2, 0.25) is 10.0 Å². The Kier molecular flexibility index (Phi) is 10.5. The van der Waals surface area contributed by atoms with Gasteiger partial charge in [-0.2, -0.15) is 0 Å². The Hall–Kier alpha value is -2.54. The van der Waals surface area contributed by atoms with E-state index in [9.17, 15) is 9.59 Å². The minimum absolute atomic E-state index is 0.128. The lowest BCUT2D eigenvalue weighted by molar-refractivity contribution is -0.143. The van der Waals surface area contributed by atoms with Crippen molar-refractivity contribution >= 4 is 50.9 Å². The number of hydrogen-bond acceptors (Lipinski definition) is 3. The van der Waals surface area contributed by atoms with E-state index in [1.165, 1.54) is 6.42 Å². The summed E-state index contributed by atoms with van der Waals surface area (Å²) in [7, 11) is 0. The second-order valence-corrected chi connectivity index (χ2v) is 11.3. The fraction of sp³-hybridized carbons (Fsp3) is 0.333. The normalized spacial score (nSPS) is 14.5. The van der Waals surface area contributed by atoms with Gasteiger partial charge in [0, 0.05) is 28.5 Å². The van der Waals surface area contributed by atoms with Gasteiger partial charge in [-0.15, -0.1) is 0 Å². The summed E-state index contributed by atoms with van der Waals surface area (Å²) in [6.07, 6.45) is 5.71. The lowest BCUT2D eigenvalue weighted by atomic mass is 9.94. The first kappa shape index (κ1) is 28.5. The van der Waals surface area contributed by atoms with Crippen LogP contribution in [0.4, 0.5) is 0 Å². The van der Waals surface area contributed by atoms with Crippen molar-refractivity contribution in [2.45, 2.75) is 57.2 Å². The molecule has 5 nitrogen and oxygen atoms in total. The third-order valence-electron chi connectivity index (χ3n) is 6.73. The van der Waals surface area contributed by atoms with Gasteiger partial charge >= 0.3 is 0 Å². The Bertz CT molecular complexity index is 1220. The fourth-order valence-corrected chi connectivity index (χ4v) is 5.43. The number of nitrogens with zero attached hydrogens (tertiary/aromatic N) is 1. The van der Waals surface area contributed by atoms with E-state index >= 15 is 0 Å². The number of halogens is 3. The van der Waals surface area contributed by atoms with E-state index in [0.29, 0.717) is 22.2 Å². The van der Waals surface area contributed by atoms with Crippen LogP contribution < -0.4 is 10.1 Å². The van der Waals surface area contributed by atoms with Gasteiger partial charge in [0.1, 0.15) is 11.8 Å². The number of rotatable bonds is 10. The summed E-state index contributed by atoms with van der Waals surface area (Å²) in [5, 5.41) is 4.04. The van der Waals surface area contributed by atoms with Gasteiger partial charge in [0.25, 0.3) is 5.91 Å². The average Bonchev–Trinajstić information content (AvgIpc) is 2.92. The summed E-state index contributed by atoms with van der Waals surface area (Å²) in [4.78, 5) is 29.1. The molecule has 0 heterocycles. The third kappa shape index (κ3) is 8.23. The van der Waals surface area contributed by atoms with E-state index in [-0.39, 0.29) is 31.0 Å². The van der Waals surface area contributed by atoms with Crippen LogP contribution in [0.15, 0.2) is 77.3 Å². The summed E-state index contributed by atoms with van der Waals surface area (Å²) in [5.74, 6) is -0.0892. The second kappa shape index (κ2) is 14.0. The van der Waals surface area contributed by atoms with Crippen LogP contribution in [0.3, 0.4) is 0 Å². The molecule has 0 aliphatic heterocycles. The second-order valence-electron chi connectivity index (χ2n) is 9.56. The summed E-state index contributed by atoms with van der Waals surface area (Å²) >= 11 is 15.7. The van der Waals surface area contributed by atoms with Crippen LogP contribution in [0.25, 0.3) is 0 Å². The number of ether oxygens (including phenoxy) is 1. The van der Waals surface area contributed by atoms with E-state index in [1.54, 1.807) is 23.1 Å². The molecule has 1 N–H and O–H groups in total. The molecule has 1 unspecified atom stereocenters. The minimum atomic E-state index is -0.709. The maximum atomic E-state index is 13.8. The highest BCUT2D eigenvalue weighted by molar-refractivity contribution is 9.10. The summed E-state index contributed by atoms with van der Waals surface area (Å²) < 4.78 is 6.74. The van der Waals surface area contributed by atoms with E-state index < -0.39 is 6.04 Å². The number of hydrogen-bond donors (Lipinski definition) is 1. The van der Waals surface area contributed by atoms with Gasteiger partial charge in [0.2, 0.25) is 5.91 Å². The zero-order valence-corrected chi connectivity index (χ0v) is 24.1.